The molecule has 0 aromatic rings. The Kier molecular flexibility index (Phi) is 387. The number of rotatable bonds is 0. The molecule has 0 heterocycles. The van der Waals surface area contributed by atoms with E-state index in [-0.39, 0.29) is 26.7 Å². The molecule has 4 heavy (non-hydrogen) atoms. The molecule has 0 aromatic carbocycles. The van der Waals surface area contributed by atoms with Gasteiger partial charge < -0.3 is 4.79 Å². The van der Waals surface area contributed by atoms with E-state index in [9.17, 15) is 0 Å². The second-order valence-electron chi connectivity index (χ2n) is 0. The minimum atomic E-state index is 0. The molecule has 0 rings (SSSR count). The van der Waals surface area contributed by atoms with E-state index in [0.717, 1.165) is 0 Å². The molecule has 0 fully saturated rings. The average molecular weight is 122 g/mol. The van der Waals surface area contributed by atoms with Gasteiger partial charge in [-0.25, -0.2) is 0 Å². The van der Waals surface area contributed by atoms with E-state index in [0.29, 0.717) is 0 Å². The average Bonchev–Trinajstić information content (AvgIpc) is 1.00. The predicted octanol–water partition coefficient (Wildman–Crippen LogP) is -0.219. The Bertz CT molecular complexity index is 8.00. The molecule has 0 saturated carbocycles. The predicted molar refractivity (Wildman–Crippen MR) is 17.9 cm³/mol. The monoisotopic (exact) mass is 122 g/mol. The zero-order valence-corrected chi connectivity index (χ0v) is 4.48. The van der Waals surface area contributed by atoms with Crippen molar-refractivity contribution in [3.8, 4) is 0 Å². The van der Waals surface area contributed by atoms with Gasteiger partial charge in [0.15, 0.2) is 0 Å². The van der Waals surface area contributed by atoms with E-state index in [4.69, 9.17) is 4.79 Å². The van der Waals surface area contributed by atoms with Crippen LogP contribution in [-0.2, 0) is 21.6 Å². The summed E-state index contributed by atoms with van der Waals surface area (Å²) in [5, 5.41) is 0. The van der Waals surface area contributed by atoms with Crippen molar-refractivity contribution < 1.29 is 21.6 Å². The molecular weight excluding hydrogens is 118 g/mol. The fraction of sp³-hybridized carbons (Fsp3) is 0. The summed E-state index contributed by atoms with van der Waals surface area (Å²) < 4.78 is 0. The number of carbonyl (C=O) groups excluding carboxylic acids is 1. The van der Waals surface area contributed by atoms with Crippen LogP contribution in [0.3, 0.4) is 0 Å². The molecule has 29 valence electrons. The largest absolute Gasteiger partial charge is 0.545 e. The first-order chi connectivity index (χ1) is 1.00. The summed E-state index contributed by atoms with van der Waals surface area (Å²) in [5.74, 6) is 0. The quantitative estimate of drug-likeness (QED) is 0.246. The van der Waals surface area contributed by atoms with E-state index in [1.807, 2.05) is 0 Å². The SMILES string of the molecule is P.[CH-]=O.[Co]. The molecule has 0 bridgehead atoms. The summed E-state index contributed by atoms with van der Waals surface area (Å²) in [5.41, 5.74) is 0. The minimum absolute atomic E-state index is 0. The van der Waals surface area contributed by atoms with Crippen LogP contribution in [-0.4, -0.2) is 6.79 Å². The maximum Gasteiger partial charge on any atom is 0 e. The minimum Gasteiger partial charge on any atom is -0.545 e. The molecule has 0 aliphatic rings. The van der Waals surface area contributed by atoms with E-state index in [2.05, 4.69) is 6.79 Å². The van der Waals surface area contributed by atoms with Crippen molar-refractivity contribution >= 4 is 16.7 Å². The smallest absolute Gasteiger partial charge is 0 e. The molecular formula is CH4CoOP-. The van der Waals surface area contributed by atoms with E-state index in [1.54, 1.807) is 0 Å². The topological polar surface area (TPSA) is 17.1 Å². The Labute approximate surface area is 39.0 Å². The van der Waals surface area contributed by atoms with Crippen LogP contribution in [0.4, 0.5) is 0 Å². The Morgan fingerprint density at radius 2 is 1.25 bits per heavy atom. The molecule has 0 amide bonds. The Hall–Kier alpha value is 0.606. The van der Waals surface area contributed by atoms with Crippen LogP contribution in [0.2, 0.25) is 0 Å². The fourth-order valence-electron chi connectivity index (χ4n) is 0. The Morgan fingerprint density at radius 1 is 1.25 bits per heavy atom. The third-order valence-electron chi connectivity index (χ3n) is 0. The van der Waals surface area contributed by atoms with Gasteiger partial charge in [-0.05, 0) is 0 Å². The molecule has 1 unspecified atom stereocenters. The van der Waals surface area contributed by atoms with Crippen LogP contribution in [0, 0.1) is 0 Å². The van der Waals surface area contributed by atoms with Crippen molar-refractivity contribution in [2.75, 3.05) is 0 Å². The van der Waals surface area contributed by atoms with Gasteiger partial charge in [-0.1, -0.05) is 0 Å². The zero-order chi connectivity index (χ0) is 2.00. The third kappa shape index (κ3) is 18.3. The fourth-order valence-corrected chi connectivity index (χ4v) is 0. The van der Waals surface area contributed by atoms with Crippen LogP contribution in [0.1, 0.15) is 0 Å². The first kappa shape index (κ1) is 23.2. The van der Waals surface area contributed by atoms with Gasteiger partial charge in [-0.15, -0.1) is 0 Å². The van der Waals surface area contributed by atoms with Gasteiger partial charge >= 0.3 is 0 Å². The van der Waals surface area contributed by atoms with Crippen LogP contribution in [0.15, 0.2) is 0 Å². The molecule has 0 N–H and O–H groups in total. The number of hydrogen-bond acceptors (Lipinski definition) is 1. The van der Waals surface area contributed by atoms with Gasteiger partial charge in [0, 0.05) is 16.8 Å². The molecule has 0 spiro atoms. The normalized spacial score (nSPS) is 1.00. The summed E-state index contributed by atoms with van der Waals surface area (Å²) in [7, 11) is 0. The Morgan fingerprint density at radius 3 is 1.25 bits per heavy atom. The third-order valence-corrected chi connectivity index (χ3v) is 0. The van der Waals surface area contributed by atoms with Crippen molar-refractivity contribution in [2.45, 2.75) is 0 Å². The summed E-state index contributed by atoms with van der Waals surface area (Å²) in [6, 6.07) is 0. The maximum absolute atomic E-state index is 7.75. The molecule has 0 aliphatic heterocycles. The first-order valence-electron chi connectivity index (χ1n) is 0.236. The Balaban J connectivity index is -0.00000000500. The van der Waals surface area contributed by atoms with Crippen molar-refractivity contribution in [3.63, 3.8) is 0 Å². The second kappa shape index (κ2) is 66.6. The van der Waals surface area contributed by atoms with E-state index < -0.39 is 0 Å². The van der Waals surface area contributed by atoms with Gasteiger partial charge in [0.1, 0.15) is 0 Å². The van der Waals surface area contributed by atoms with Crippen LogP contribution in [0.5, 0.6) is 0 Å². The van der Waals surface area contributed by atoms with Gasteiger partial charge in [0.25, 0.3) is 0 Å². The molecule has 1 nitrogen and oxygen atoms in total. The first-order valence-corrected chi connectivity index (χ1v) is 0.236. The molecule has 0 aromatic heterocycles. The summed E-state index contributed by atoms with van der Waals surface area (Å²) in [4.78, 5) is 7.75. The maximum atomic E-state index is 7.75. The second-order valence-corrected chi connectivity index (χ2v) is 0. The van der Waals surface area contributed by atoms with Crippen LogP contribution >= 0.6 is 9.90 Å². The molecule has 1 atom stereocenters. The van der Waals surface area contributed by atoms with Gasteiger partial charge in [-0.3, -0.25) is 6.79 Å². The van der Waals surface area contributed by atoms with Crippen LogP contribution in [0.25, 0.3) is 0 Å². The van der Waals surface area contributed by atoms with Gasteiger partial charge in [0.05, 0.1) is 0 Å². The zero-order valence-electron chi connectivity index (χ0n) is 2.03. The standard InChI is InChI=1S/CHO.Co.H3P/c1-2;;/h1H;;1H3/q-1;;. The van der Waals surface area contributed by atoms with E-state index >= 15 is 0 Å². The summed E-state index contributed by atoms with van der Waals surface area (Å²) in [6.07, 6.45) is 0. The summed E-state index contributed by atoms with van der Waals surface area (Å²) >= 11 is 0. The van der Waals surface area contributed by atoms with Crippen molar-refractivity contribution in [2.24, 2.45) is 0 Å². The molecule has 3 heteroatoms. The van der Waals surface area contributed by atoms with E-state index in [1.165, 1.54) is 0 Å². The van der Waals surface area contributed by atoms with Crippen LogP contribution < -0.4 is 0 Å². The summed E-state index contributed by atoms with van der Waals surface area (Å²) in [6.45, 7) is 3.25. The van der Waals surface area contributed by atoms with Gasteiger partial charge in [0.2, 0.25) is 0 Å². The van der Waals surface area contributed by atoms with Crippen molar-refractivity contribution in [1.29, 1.82) is 0 Å². The van der Waals surface area contributed by atoms with Crippen molar-refractivity contribution in [3.05, 3.63) is 0 Å². The molecule has 0 saturated heterocycles. The number of hydrogen-bond donors (Lipinski definition) is 0. The molecule has 0 aliphatic carbocycles. The molecule has 1 radical (unpaired) electrons. The van der Waals surface area contributed by atoms with Gasteiger partial charge in [-0.2, -0.15) is 9.90 Å². The van der Waals surface area contributed by atoms with Crippen molar-refractivity contribution in [1.82, 2.24) is 0 Å².